The molecule has 0 fully saturated rings. The van der Waals surface area contributed by atoms with E-state index in [1.807, 2.05) is 0 Å². The highest BCUT2D eigenvalue weighted by Crippen LogP contribution is 2.31. The zero-order chi connectivity index (χ0) is 26.9. The van der Waals surface area contributed by atoms with Gasteiger partial charge in [-0.3, -0.25) is 23.5 Å². The number of nitrogens with one attached hydrogen (secondary N) is 1. The lowest BCUT2D eigenvalue weighted by molar-refractivity contribution is -0.155. The molecule has 0 spiro atoms. The maximum Gasteiger partial charge on any atom is 0.416 e. The van der Waals surface area contributed by atoms with Crippen molar-refractivity contribution in [3.63, 3.8) is 0 Å². The summed E-state index contributed by atoms with van der Waals surface area (Å²) in [6.07, 6.45) is -4.93. The molecule has 4 rings (SSSR count). The fourth-order valence-electron chi connectivity index (χ4n) is 3.71. The van der Waals surface area contributed by atoms with Crippen molar-refractivity contribution in [1.82, 2.24) is 18.7 Å². The van der Waals surface area contributed by atoms with Gasteiger partial charge in [-0.15, -0.1) is 0 Å². The van der Waals surface area contributed by atoms with Crippen LogP contribution in [0.25, 0.3) is 11.2 Å². The van der Waals surface area contributed by atoms with E-state index in [0.29, 0.717) is 0 Å². The van der Waals surface area contributed by atoms with Gasteiger partial charge in [0.2, 0.25) is 6.10 Å². The zero-order valence-electron chi connectivity index (χ0n) is 19.5. The Hall–Kier alpha value is -4.68. The number of benzene rings is 2. The SMILES string of the molecule is Cn1c(=O)c2c(ncn2CC(=O)OC(C(=O)Nc2cccc(C(F)(F)F)c2)c2ccccc2)n(C)c1=O. The number of fused-ring (bicyclic) bond motifs is 1. The van der Waals surface area contributed by atoms with Gasteiger partial charge in [0, 0.05) is 25.3 Å². The van der Waals surface area contributed by atoms with Crippen LogP contribution in [0, 0.1) is 0 Å². The Morgan fingerprint density at radius 3 is 2.41 bits per heavy atom. The molecular weight excluding hydrogens is 495 g/mol. The summed E-state index contributed by atoms with van der Waals surface area (Å²) < 4.78 is 47.8. The first-order valence-corrected chi connectivity index (χ1v) is 10.8. The highest BCUT2D eigenvalue weighted by molar-refractivity contribution is 5.96. The summed E-state index contributed by atoms with van der Waals surface area (Å²) in [4.78, 5) is 54.6. The number of imidazole rings is 1. The Morgan fingerprint density at radius 2 is 1.73 bits per heavy atom. The van der Waals surface area contributed by atoms with Gasteiger partial charge in [0.05, 0.1) is 11.9 Å². The molecule has 0 aliphatic heterocycles. The summed E-state index contributed by atoms with van der Waals surface area (Å²) in [6.45, 7) is -0.524. The quantitative estimate of drug-likeness (QED) is 0.394. The van der Waals surface area contributed by atoms with Gasteiger partial charge < -0.3 is 14.6 Å². The Kier molecular flexibility index (Phi) is 6.70. The molecule has 4 aromatic rings. The molecule has 13 heteroatoms. The van der Waals surface area contributed by atoms with E-state index in [0.717, 1.165) is 27.3 Å². The van der Waals surface area contributed by atoms with Crippen molar-refractivity contribution in [2.45, 2.75) is 18.8 Å². The molecule has 0 aliphatic carbocycles. The van der Waals surface area contributed by atoms with Crippen molar-refractivity contribution in [2.75, 3.05) is 5.32 Å². The monoisotopic (exact) mass is 515 g/mol. The van der Waals surface area contributed by atoms with Crippen LogP contribution in [0.5, 0.6) is 0 Å². The number of alkyl halides is 3. The minimum Gasteiger partial charge on any atom is -0.446 e. The standard InChI is InChI=1S/C24H20F3N5O5/c1-30-20-18(22(35)31(2)23(30)36)32(13-28-20)12-17(33)37-19(14-7-4-3-5-8-14)21(34)29-16-10-6-9-15(11-16)24(25,26)27/h3-11,13,19H,12H2,1-2H3,(H,29,34). The molecule has 2 heterocycles. The number of halogens is 3. The summed E-state index contributed by atoms with van der Waals surface area (Å²) in [7, 11) is 2.70. The van der Waals surface area contributed by atoms with Gasteiger partial charge >= 0.3 is 17.8 Å². The van der Waals surface area contributed by atoms with Crippen LogP contribution in [-0.4, -0.2) is 30.6 Å². The molecule has 192 valence electrons. The van der Waals surface area contributed by atoms with Crippen LogP contribution in [-0.2, 0) is 41.1 Å². The Balaban J connectivity index is 1.61. The number of aryl methyl sites for hydroxylation is 1. The van der Waals surface area contributed by atoms with Gasteiger partial charge in [-0.2, -0.15) is 13.2 Å². The molecule has 2 aromatic heterocycles. The molecule has 0 saturated heterocycles. The second kappa shape index (κ2) is 9.76. The van der Waals surface area contributed by atoms with Crippen LogP contribution in [0.4, 0.5) is 18.9 Å². The van der Waals surface area contributed by atoms with E-state index in [2.05, 4.69) is 10.3 Å². The number of esters is 1. The van der Waals surface area contributed by atoms with Crippen LogP contribution in [0.3, 0.4) is 0 Å². The van der Waals surface area contributed by atoms with Gasteiger partial charge in [-0.05, 0) is 18.2 Å². The van der Waals surface area contributed by atoms with Crippen LogP contribution < -0.4 is 16.6 Å². The maximum atomic E-state index is 13.1. The average Bonchev–Trinajstić information content (AvgIpc) is 3.28. The highest BCUT2D eigenvalue weighted by atomic mass is 19.4. The molecule has 1 unspecified atom stereocenters. The van der Waals surface area contributed by atoms with Crippen molar-refractivity contribution in [3.05, 3.63) is 92.9 Å². The fourth-order valence-corrected chi connectivity index (χ4v) is 3.71. The minimum atomic E-state index is -4.61. The molecule has 0 saturated carbocycles. The molecule has 10 nitrogen and oxygen atoms in total. The van der Waals surface area contributed by atoms with Gasteiger partial charge in [-0.25, -0.2) is 9.78 Å². The van der Waals surface area contributed by atoms with E-state index in [-0.39, 0.29) is 22.4 Å². The number of ether oxygens (including phenoxy) is 1. The first-order chi connectivity index (χ1) is 17.5. The lowest BCUT2D eigenvalue weighted by atomic mass is 10.1. The number of hydrogen-bond acceptors (Lipinski definition) is 6. The van der Waals surface area contributed by atoms with Gasteiger partial charge in [0.15, 0.2) is 11.2 Å². The topological polar surface area (TPSA) is 117 Å². The smallest absolute Gasteiger partial charge is 0.416 e. The minimum absolute atomic E-state index is 0.0220. The van der Waals surface area contributed by atoms with Crippen molar-refractivity contribution in [1.29, 1.82) is 0 Å². The van der Waals surface area contributed by atoms with Crippen LogP contribution in [0.15, 0.2) is 70.5 Å². The van der Waals surface area contributed by atoms with Crippen molar-refractivity contribution in [2.24, 2.45) is 14.1 Å². The summed E-state index contributed by atoms with van der Waals surface area (Å²) in [5, 5.41) is 2.35. The molecule has 1 amide bonds. The molecule has 0 radical (unpaired) electrons. The Morgan fingerprint density at radius 1 is 1.03 bits per heavy atom. The second-order valence-electron chi connectivity index (χ2n) is 8.10. The van der Waals surface area contributed by atoms with Crippen molar-refractivity contribution < 1.29 is 27.5 Å². The van der Waals surface area contributed by atoms with E-state index in [1.165, 1.54) is 43.2 Å². The number of carbonyl (C=O) groups is 2. The maximum absolute atomic E-state index is 13.1. The Bertz CT molecular complexity index is 1610. The summed E-state index contributed by atoms with van der Waals surface area (Å²) in [5.74, 6) is -1.81. The molecule has 0 aliphatic rings. The third-order valence-electron chi connectivity index (χ3n) is 5.56. The zero-order valence-corrected chi connectivity index (χ0v) is 19.5. The van der Waals surface area contributed by atoms with Gasteiger partial charge in [-0.1, -0.05) is 36.4 Å². The van der Waals surface area contributed by atoms with E-state index >= 15 is 0 Å². The van der Waals surface area contributed by atoms with Crippen molar-refractivity contribution in [3.8, 4) is 0 Å². The van der Waals surface area contributed by atoms with E-state index in [4.69, 9.17) is 4.74 Å². The summed E-state index contributed by atoms with van der Waals surface area (Å²) >= 11 is 0. The molecule has 1 N–H and O–H groups in total. The largest absolute Gasteiger partial charge is 0.446 e. The third-order valence-corrected chi connectivity index (χ3v) is 5.56. The summed E-state index contributed by atoms with van der Waals surface area (Å²) in [6, 6.07) is 11.9. The van der Waals surface area contributed by atoms with Gasteiger partial charge in [0.1, 0.15) is 6.54 Å². The lowest BCUT2D eigenvalue weighted by Crippen LogP contribution is -2.37. The van der Waals surface area contributed by atoms with E-state index in [9.17, 15) is 32.3 Å². The predicted octanol–water partition coefficient (Wildman–Crippen LogP) is 2.38. The van der Waals surface area contributed by atoms with Crippen molar-refractivity contribution >= 4 is 28.7 Å². The molecular formula is C24H20F3N5O5. The number of rotatable bonds is 6. The number of nitrogens with zero attached hydrogens (tertiary/aromatic N) is 4. The Labute approximate surface area is 206 Å². The van der Waals surface area contributed by atoms with Gasteiger partial charge in [0.25, 0.3) is 11.5 Å². The number of anilines is 1. The number of aromatic nitrogens is 4. The normalized spacial score (nSPS) is 12.4. The molecule has 37 heavy (non-hydrogen) atoms. The molecule has 1 atom stereocenters. The van der Waals surface area contributed by atoms with Crippen LogP contribution in [0.2, 0.25) is 0 Å². The first kappa shape index (κ1) is 25.4. The second-order valence-corrected chi connectivity index (χ2v) is 8.10. The first-order valence-electron chi connectivity index (χ1n) is 10.8. The molecule has 2 aromatic carbocycles. The summed E-state index contributed by atoms with van der Waals surface area (Å²) in [5.41, 5.74) is -2.06. The predicted molar refractivity (Wildman–Crippen MR) is 126 cm³/mol. The number of carbonyl (C=O) groups excluding carboxylic acids is 2. The number of amides is 1. The average molecular weight is 515 g/mol. The van der Waals surface area contributed by atoms with Crippen LogP contribution in [0.1, 0.15) is 17.2 Å². The lowest BCUT2D eigenvalue weighted by Gasteiger charge is -2.19. The van der Waals surface area contributed by atoms with Crippen LogP contribution >= 0.6 is 0 Å². The molecule has 0 bridgehead atoms. The fraction of sp³-hybridized carbons (Fsp3) is 0.208. The van der Waals surface area contributed by atoms with E-state index in [1.54, 1.807) is 18.2 Å². The number of hydrogen-bond donors (Lipinski definition) is 1. The third kappa shape index (κ3) is 5.15. The highest BCUT2D eigenvalue weighted by Gasteiger charge is 2.31. The van der Waals surface area contributed by atoms with E-state index < -0.39 is 47.5 Å².